The Morgan fingerprint density at radius 2 is 1.74 bits per heavy atom. The molecule has 0 aliphatic rings. The third kappa shape index (κ3) is 2.05. The maximum Gasteiger partial charge on any atom is 0.278 e. The molecule has 0 saturated carbocycles. The minimum absolute atomic E-state index is 0.223. The van der Waals surface area contributed by atoms with E-state index in [-0.39, 0.29) is 11.8 Å². The van der Waals surface area contributed by atoms with Crippen molar-refractivity contribution in [1.82, 2.24) is 9.97 Å². The van der Waals surface area contributed by atoms with Gasteiger partial charge in [0.05, 0.1) is 25.3 Å². The second-order valence-corrected chi connectivity index (χ2v) is 4.17. The Balaban J connectivity index is 2.91. The molecule has 0 bridgehead atoms. The molecule has 2 N–H and O–H groups in total. The van der Waals surface area contributed by atoms with E-state index in [0.717, 1.165) is 11.1 Å². The molecule has 0 atom stereocenters. The van der Waals surface area contributed by atoms with E-state index in [9.17, 15) is 4.79 Å². The highest BCUT2D eigenvalue weighted by atomic mass is 16.5. The van der Waals surface area contributed by atoms with Gasteiger partial charge >= 0.3 is 0 Å². The SMILES string of the molecule is COc1nc2cc(C)c(C)c(C(N)=O)c2nc1OC. The maximum absolute atomic E-state index is 11.6. The van der Waals surface area contributed by atoms with Crippen LogP contribution in [0.15, 0.2) is 6.07 Å². The summed E-state index contributed by atoms with van der Waals surface area (Å²) in [5.74, 6) is -0.0397. The number of ether oxygens (including phenoxy) is 2. The second kappa shape index (κ2) is 4.72. The molecule has 0 unspecified atom stereocenters. The van der Waals surface area contributed by atoms with E-state index >= 15 is 0 Å². The molecule has 1 amide bonds. The van der Waals surface area contributed by atoms with Gasteiger partial charge in [-0.1, -0.05) is 0 Å². The van der Waals surface area contributed by atoms with Crippen molar-refractivity contribution in [1.29, 1.82) is 0 Å². The van der Waals surface area contributed by atoms with Gasteiger partial charge in [0.25, 0.3) is 17.7 Å². The Labute approximate surface area is 110 Å². The molecule has 6 heteroatoms. The quantitative estimate of drug-likeness (QED) is 0.901. The van der Waals surface area contributed by atoms with Crippen LogP contribution in [0, 0.1) is 13.8 Å². The molecule has 2 rings (SSSR count). The van der Waals surface area contributed by atoms with Gasteiger partial charge < -0.3 is 15.2 Å². The number of fused-ring (bicyclic) bond motifs is 1. The molecule has 0 radical (unpaired) electrons. The molecule has 0 aliphatic carbocycles. The number of nitrogens with two attached hydrogens (primary N) is 1. The number of carbonyl (C=O) groups excluding carboxylic acids is 1. The topological polar surface area (TPSA) is 87.3 Å². The van der Waals surface area contributed by atoms with Crippen LogP contribution >= 0.6 is 0 Å². The highest BCUT2D eigenvalue weighted by molar-refractivity contribution is 6.05. The third-order valence-corrected chi connectivity index (χ3v) is 3.05. The first kappa shape index (κ1) is 13.1. The van der Waals surface area contributed by atoms with Gasteiger partial charge in [0.1, 0.15) is 5.52 Å². The fourth-order valence-electron chi connectivity index (χ4n) is 1.96. The van der Waals surface area contributed by atoms with Gasteiger partial charge in [-0.15, -0.1) is 0 Å². The number of aromatic nitrogens is 2. The van der Waals surface area contributed by atoms with E-state index in [1.807, 2.05) is 19.9 Å². The molecule has 0 aliphatic heterocycles. The monoisotopic (exact) mass is 261 g/mol. The number of hydrogen-bond acceptors (Lipinski definition) is 5. The van der Waals surface area contributed by atoms with Gasteiger partial charge in [-0.3, -0.25) is 4.79 Å². The number of nitrogens with zero attached hydrogens (tertiary/aromatic N) is 2. The third-order valence-electron chi connectivity index (χ3n) is 3.05. The van der Waals surface area contributed by atoms with Gasteiger partial charge in [-0.25, -0.2) is 9.97 Å². The number of rotatable bonds is 3. The average molecular weight is 261 g/mol. The fraction of sp³-hybridized carbons (Fsp3) is 0.308. The molecule has 100 valence electrons. The largest absolute Gasteiger partial charge is 0.477 e. The molecule has 2 aromatic rings. The van der Waals surface area contributed by atoms with Crippen molar-refractivity contribution in [3.63, 3.8) is 0 Å². The number of primary amides is 1. The Morgan fingerprint density at radius 3 is 2.26 bits per heavy atom. The Hall–Kier alpha value is -2.37. The molecule has 0 saturated heterocycles. The van der Waals surface area contributed by atoms with Crippen LogP contribution in [0.1, 0.15) is 21.5 Å². The van der Waals surface area contributed by atoms with Crippen molar-refractivity contribution < 1.29 is 14.3 Å². The van der Waals surface area contributed by atoms with Crippen LogP contribution in [-0.4, -0.2) is 30.1 Å². The average Bonchev–Trinajstić information content (AvgIpc) is 2.38. The molecule has 0 fully saturated rings. The lowest BCUT2D eigenvalue weighted by Gasteiger charge is -2.12. The summed E-state index contributed by atoms with van der Waals surface area (Å²) in [5.41, 5.74) is 8.48. The van der Waals surface area contributed by atoms with Crippen LogP contribution in [0.4, 0.5) is 0 Å². The fourth-order valence-corrected chi connectivity index (χ4v) is 1.96. The zero-order chi connectivity index (χ0) is 14.2. The van der Waals surface area contributed by atoms with Gasteiger partial charge in [0.2, 0.25) is 0 Å². The smallest absolute Gasteiger partial charge is 0.278 e. The number of hydrogen-bond donors (Lipinski definition) is 1. The normalized spacial score (nSPS) is 10.5. The summed E-state index contributed by atoms with van der Waals surface area (Å²) in [6, 6.07) is 1.84. The first-order valence-electron chi connectivity index (χ1n) is 5.69. The van der Waals surface area contributed by atoms with Gasteiger partial charge in [0.15, 0.2) is 0 Å². The molecule has 0 spiro atoms. The maximum atomic E-state index is 11.6. The van der Waals surface area contributed by atoms with Crippen LogP contribution in [0.25, 0.3) is 11.0 Å². The summed E-state index contributed by atoms with van der Waals surface area (Å²) in [4.78, 5) is 20.2. The molecule has 1 heterocycles. The van der Waals surface area contributed by atoms with Crippen molar-refractivity contribution in [3.8, 4) is 11.8 Å². The zero-order valence-electron chi connectivity index (χ0n) is 11.3. The van der Waals surface area contributed by atoms with Crippen molar-refractivity contribution in [2.24, 2.45) is 5.73 Å². The minimum Gasteiger partial charge on any atom is -0.477 e. The predicted octanol–water partition coefficient (Wildman–Crippen LogP) is 1.36. The lowest BCUT2D eigenvalue weighted by molar-refractivity contribution is 0.100. The minimum atomic E-state index is -0.535. The number of amides is 1. The van der Waals surface area contributed by atoms with Crippen molar-refractivity contribution >= 4 is 16.9 Å². The van der Waals surface area contributed by atoms with Gasteiger partial charge in [0, 0.05) is 0 Å². The van der Waals surface area contributed by atoms with Crippen LogP contribution in [0.3, 0.4) is 0 Å². The van der Waals surface area contributed by atoms with Gasteiger partial charge in [-0.05, 0) is 31.0 Å². The Morgan fingerprint density at radius 1 is 1.16 bits per heavy atom. The molecule has 6 nitrogen and oxygen atoms in total. The zero-order valence-corrected chi connectivity index (χ0v) is 11.3. The lowest BCUT2D eigenvalue weighted by atomic mass is 10.0. The van der Waals surface area contributed by atoms with Crippen LogP contribution < -0.4 is 15.2 Å². The second-order valence-electron chi connectivity index (χ2n) is 4.17. The highest BCUT2D eigenvalue weighted by Crippen LogP contribution is 2.29. The van der Waals surface area contributed by atoms with E-state index in [1.165, 1.54) is 14.2 Å². The van der Waals surface area contributed by atoms with E-state index < -0.39 is 5.91 Å². The van der Waals surface area contributed by atoms with Crippen LogP contribution in [0.2, 0.25) is 0 Å². The number of benzene rings is 1. The van der Waals surface area contributed by atoms with E-state index in [4.69, 9.17) is 15.2 Å². The van der Waals surface area contributed by atoms with Crippen LogP contribution in [-0.2, 0) is 0 Å². The number of carbonyl (C=O) groups is 1. The summed E-state index contributed by atoms with van der Waals surface area (Å²) >= 11 is 0. The van der Waals surface area contributed by atoms with Gasteiger partial charge in [-0.2, -0.15) is 0 Å². The molecule has 19 heavy (non-hydrogen) atoms. The Kier molecular flexibility index (Phi) is 3.25. The van der Waals surface area contributed by atoms with Crippen molar-refractivity contribution in [2.75, 3.05) is 14.2 Å². The van der Waals surface area contributed by atoms with E-state index in [2.05, 4.69) is 9.97 Å². The first-order chi connectivity index (χ1) is 8.99. The number of aryl methyl sites for hydroxylation is 1. The summed E-state index contributed by atoms with van der Waals surface area (Å²) in [6.45, 7) is 3.72. The predicted molar refractivity (Wildman–Crippen MR) is 70.6 cm³/mol. The first-order valence-corrected chi connectivity index (χ1v) is 5.69. The van der Waals surface area contributed by atoms with E-state index in [0.29, 0.717) is 16.6 Å². The Bertz CT molecular complexity index is 668. The van der Waals surface area contributed by atoms with Crippen LogP contribution in [0.5, 0.6) is 11.8 Å². The summed E-state index contributed by atoms with van der Waals surface area (Å²) in [6.07, 6.45) is 0. The lowest BCUT2D eigenvalue weighted by Crippen LogP contribution is -2.15. The molecular formula is C13H15N3O3. The highest BCUT2D eigenvalue weighted by Gasteiger charge is 2.18. The molecule has 1 aromatic heterocycles. The summed E-state index contributed by atoms with van der Waals surface area (Å²) in [5, 5.41) is 0. The standard InChI is InChI=1S/C13H15N3O3/c1-6-5-8-10(9(7(6)2)11(14)17)16-13(19-4)12(15-8)18-3/h5H,1-4H3,(H2,14,17). The van der Waals surface area contributed by atoms with E-state index in [1.54, 1.807) is 0 Å². The van der Waals surface area contributed by atoms with Crippen molar-refractivity contribution in [2.45, 2.75) is 13.8 Å². The van der Waals surface area contributed by atoms with Crippen molar-refractivity contribution in [3.05, 3.63) is 22.8 Å². The molecular weight excluding hydrogens is 246 g/mol. The summed E-state index contributed by atoms with van der Waals surface area (Å²) in [7, 11) is 2.94. The molecule has 1 aromatic carbocycles. The number of methoxy groups -OCH3 is 2. The summed E-state index contributed by atoms with van der Waals surface area (Å²) < 4.78 is 10.2.